The summed E-state index contributed by atoms with van der Waals surface area (Å²) in [6, 6.07) is 11.1. The first-order valence-corrected chi connectivity index (χ1v) is 7.30. The van der Waals surface area contributed by atoms with Crippen molar-refractivity contribution >= 4 is 11.6 Å². The van der Waals surface area contributed by atoms with Crippen molar-refractivity contribution in [1.82, 2.24) is 5.32 Å². The molecule has 2 rings (SSSR count). The Balaban J connectivity index is 2.09. The van der Waals surface area contributed by atoms with Crippen LogP contribution in [0.3, 0.4) is 0 Å². The van der Waals surface area contributed by atoms with Crippen molar-refractivity contribution in [3.05, 3.63) is 64.2 Å². The standard InChI is InChI=1S/C18H22N2O2/c1-11-4-5-14(8-12(11)2)10-20-18(22)15-6-7-17(19)16(9-15)13(3)21/h4-9,13,21H,10,19H2,1-3H3,(H,20,22). The molecule has 0 aromatic heterocycles. The Morgan fingerprint density at radius 2 is 1.91 bits per heavy atom. The molecular formula is C18H22N2O2. The predicted molar refractivity (Wildman–Crippen MR) is 88.6 cm³/mol. The van der Waals surface area contributed by atoms with Gasteiger partial charge in [-0.25, -0.2) is 0 Å². The predicted octanol–water partition coefficient (Wildman–Crippen LogP) is 2.87. The number of hydrogen-bond donors (Lipinski definition) is 3. The number of rotatable bonds is 4. The fourth-order valence-corrected chi connectivity index (χ4v) is 2.28. The molecule has 4 N–H and O–H groups in total. The number of amides is 1. The van der Waals surface area contributed by atoms with Gasteiger partial charge in [-0.3, -0.25) is 4.79 Å². The summed E-state index contributed by atoms with van der Waals surface area (Å²) in [6.45, 7) is 6.20. The molecule has 4 nitrogen and oxygen atoms in total. The van der Waals surface area contributed by atoms with Gasteiger partial charge in [-0.1, -0.05) is 18.2 Å². The summed E-state index contributed by atoms with van der Waals surface area (Å²) in [5.41, 5.74) is 10.8. The van der Waals surface area contributed by atoms with E-state index < -0.39 is 6.10 Å². The number of carbonyl (C=O) groups is 1. The van der Waals surface area contributed by atoms with Crippen molar-refractivity contribution in [1.29, 1.82) is 0 Å². The zero-order valence-corrected chi connectivity index (χ0v) is 13.2. The number of anilines is 1. The second-order valence-corrected chi connectivity index (χ2v) is 5.62. The largest absolute Gasteiger partial charge is 0.398 e. The molecule has 1 atom stereocenters. The van der Waals surface area contributed by atoms with Crippen LogP contribution in [0.5, 0.6) is 0 Å². The van der Waals surface area contributed by atoms with Crippen LogP contribution < -0.4 is 11.1 Å². The molecule has 0 saturated heterocycles. The van der Waals surface area contributed by atoms with E-state index in [9.17, 15) is 9.90 Å². The van der Waals surface area contributed by atoms with Gasteiger partial charge in [0.05, 0.1) is 6.10 Å². The van der Waals surface area contributed by atoms with Gasteiger partial charge in [0.15, 0.2) is 0 Å². The Hall–Kier alpha value is -2.33. The number of hydrogen-bond acceptors (Lipinski definition) is 3. The summed E-state index contributed by atoms with van der Waals surface area (Å²) < 4.78 is 0. The molecule has 0 aliphatic rings. The lowest BCUT2D eigenvalue weighted by molar-refractivity contribution is 0.0950. The van der Waals surface area contributed by atoms with Crippen LogP contribution in [0, 0.1) is 13.8 Å². The Morgan fingerprint density at radius 1 is 1.18 bits per heavy atom. The van der Waals surface area contributed by atoms with E-state index in [1.54, 1.807) is 25.1 Å². The third kappa shape index (κ3) is 3.65. The summed E-state index contributed by atoms with van der Waals surface area (Å²) in [5, 5.41) is 12.5. The smallest absolute Gasteiger partial charge is 0.251 e. The molecule has 2 aromatic carbocycles. The molecule has 0 heterocycles. The van der Waals surface area contributed by atoms with Gasteiger partial charge < -0.3 is 16.2 Å². The molecule has 0 saturated carbocycles. The molecule has 22 heavy (non-hydrogen) atoms. The van der Waals surface area contributed by atoms with Crippen LogP contribution in [0.25, 0.3) is 0 Å². The van der Waals surface area contributed by atoms with E-state index in [4.69, 9.17) is 5.73 Å². The first kappa shape index (κ1) is 16.0. The molecule has 0 radical (unpaired) electrons. The van der Waals surface area contributed by atoms with Gasteiger partial charge in [0.2, 0.25) is 0 Å². The molecule has 0 bridgehead atoms. The molecule has 0 aliphatic carbocycles. The maximum atomic E-state index is 12.2. The monoisotopic (exact) mass is 298 g/mol. The zero-order valence-electron chi connectivity index (χ0n) is 13.2. The lowest BCUT2D eigenvalue weighted by Crippen LogP contribution is -2.23. The molecule has 1 amide bonds. The van der Waals surface area contributed by atoms with Gasteiger partial charge in [-0.05, 0) is 55.7 Å². The molecule has 0 aliphatic heterocycles. The summed E-state index contributed by atoms with van der Waals surface area (Å²) in [5.74, 6) is -0.180. The highest BCUT2D eigenvalue weighted by Crippen LogP contribution is 2.21. The van der Waals surface area contributed by atoms with Crippen molar-refractivity contribution in [3.8, 4) is 0 Å². The first-order valence-electron chi connectivity index (χ1n) is 7.30. The number of carbonyl (C=O) groups excluding carboxylic acids is 1. The minimum absolute atomic E-state index is 0.180. The van der Waals surface area contributed by atoms with Gasteiger partial charge in [0.25, 0.3) is 5.91 Å². The maximum Gasteiger partial charge on any atom is 0.251 e. The van der Waals surface area contributed by atoms with Crippen LogP contribution in [0.2, 0.25) is 0 Å². The Kier molecular flexibility index (Phi) is 4.83. The van der Waals surface area contributed by atoms with E-state index in [0.29, 0.717) is 23.4 Å². The number of aliphatic hydroxyl groups excluding tert-OH is 1. The van der Waals surface area contributed by atoms with E-state index in [0.717, 1.165) is 5.56 Å². The highest BCUT2D eigenvalue weighted by atomic mass is 16.3. The quantitative estimate of drug-likeness (QED) is 0.760. The minimum Gasteiger partial charge on any atom is -0.398 e. The SMILES string of the molecule is Cc1ccc(CNC(=O)c2ccc(N)c(C(C)O)c2)cc1C. The van der Waals surface area contributed by atoms with Crippen LogP contribution in [0.15, 0.2) is 36.4 Å². The number of benzene rings is 2. The van der Waals surface area contributed by atoms with Crippen LogP contribution in [0.4, 0.5) is 5.69 Å². The highest BCUT2D eigenvalue weighted by Gasteiger charge is 2.11. The second-order valence-electron chi connectivity index (χ2n) is 5.62. The van der Waals surface area contributed by atoms with E-state index in [2.05, 4.69) is 25.2 Å². The van der Waals surface area contributed by atoms with Crippen molar-refractivity contribution in [2.75, 3.05) is 5.73 Å². The third-order valence-corrected chi connectivity index (χ3v) is 3.82. The summed E-state index contributed by atoms with van der Waals surface area (Å²) in [6.07, 6.45) is -0.701. The Morgan fingerprint density at radius 3 is 2.55 bits per heavy atom. The zero-order chi connectivity index (χ0) is 16.3. The second kappa shape index (κ2) is 6.62. The van der Waals surface area contributed by atoms with E-state index in [-0.39, 0.29) is 5.91 Å². The molecule has 2 aromatic rings. The van der Waals surface area contributed by atoms with Gasteiger partial charge in [0.1, 0.15) is 0 Å². The molecule has 116 valence electrons. The lowest BCUT2D eigenvalue weighted by atomic mass is 10.0. The fraction of sp³-hybridized carbons (Fsp3) is 0.278. The van der Waals surface area contributed by atoms with Crippen LogP contribution in [-0.4, -0.2) is 11.0 Å². The average Bonchev–Trinajstić information content (AvgIpc) is 2.48. The molecular weight excluding hydrogens is 276 g/mol. The molecule has 1 unspecified atom stereocenters. The summed E-state index contributed by atoms with van der Waals surface area (Å²) in [4.78, 5) is 12.2. The van der Waals surface area contributed by atoms with Gasteiger partial charge in [-0.2, -0.15) is 0 Å². The topological polar surface area (TPSA) is 75.4 Å². The van der Waals surface area contributed by atoms with Gasteiger partial charge in [-0.15, -0.1) is 0 Å². The number of aryl methyl sites for hydroxylation is 2. The summed E-state index contributed by atoms with van der Waals surface area (Å²) in [7, 11) is 0. The first-order chi connectivity index (χ1) is 10.4. The maximum absolute atomic E-state index is 12.2. The van der Waals surface area contributed by atoms with E-state index in [1.165, 1.54) is 11.1 Å². The van der Waals surface area contributed by atoms with E-state index in [1.807, 2.05) is 12.1 Å². The van der Waals surface area contributed by atoms with Gasteiger partial charge in [0, 0.05) is 23.4 Å². The molecule has 4 heteroatoms. The van der Waals surface area contributed by atoms with Crippen LogP contribution >= 0.6 is 0 Å². The fourth-order valence-electron chi connectivity index (χ4n) is 2.28. The van der Waals surface area contributed by atoms with Gasteiger partial charge >= 0.3 is 0 Å². The van der Waals surface area contributed by atoms with Crippen LogP contribution in [-0.2, 0) is 6.54 Å². The number of nitrogen functional groups attached to an aromatic ring is 1. The molecule has 0 spiro atoms. The number of nitrogens with two attached hydrogens (primary N) is 1. The minimum atomic E-state index is -0.701. The average molecular weight is 298 g/mol. The Labute approximate surface area is 131 Å². The lowest BCUT2D eigenvalue weighted by Gasteiger charge is -2.12. The normalized spacial score (nSPS) is 12.0. The van der Waals surface area contributed by atoms with E-state index >= 15 is 0 Å². The highest BCUT2D eigenvalue weighted by molar-refractivity contribution is 5.94. The molecule has 0 fully saturated rings. The van der Waals surface area contributed by atoms with Crippen molar-refractivity contribution in [3.63, 3.8) is 0 Å². The number of nitrogens with one attached hydrogen (secondary N) is 1. The van der Waals surface area contributed by atoms with Crippen molar-refractivity contribution < 1.29 is 9.90 Å². The van der Waals surface area contributed by atoms with Crippen molar-refractivity contribution in [2.45, 2.75) is 33.4 Å². The Bertz CT molecular complexity index is 693. The summed E-state index contributed by atoms with van der Waals surface area (Å²) >= 11 is 0. The van der Waals surface area contributed by atoms with Crippen LogP contribution in [0.1, 0.15) is 45.6 Å². The van der Waals surface area contributed by atoms with Crippen molar-refractivity contribution in [2.24, 2.45) is 0 Å². The number of aliphatic hydroxyl groups is 1. The third-order valence-electron chi connectivity index (χ3n) is 3.82.